The maximum atomic E-state index is 13.8. The number of aliphatic hydroxyl groups is 14. The maximum absolute atomic E-state index is 13.8. The van der Waals surface area contributed by atoms with E-state index in [1.165, 1.54) is 49.5 Å². The monoisotopic (exact) mass is 1720 g/mol. The quantitative estimate of drug-likeness (QED) is 0.0216. The van der Waals surface area contributed by atoms with Crippen molar-refractivity contribution in [3.8, 4) is 80.1 Å². The number of aliphatic imine (C=N–C) groups is 7. The van der Waals surface area contributed by atoms with E-state index in [1.807, 2.05) is 0 Å². The Bertz CT molecular complexity index is 5280. The van der Waals surface area contributed by atoms with E-state index >= 15 is 0 Å². The number of halogens is 2. The third-order valence-corrected chi connectivity index (χ3v) is 21.7. The number of aliphatic carboxylic acids is 2. The van der Waals surface area contributed by atoms with Gasteiger partial charge < -0.3 is 141 Å². The number of likely N-dealkylation sites (N-methyl/N-ethyl adjacent to an activating group) is 1. The Morgan fingerprint density at radius 2 is 1.16 bits per heavy atom. The molecule has 8 aliphatic rings. The molecular weight excluding hydrogens is 1630 g/mol. The number of carboxylic acids is 2. The van der Waals surface area contributed by atoms with Gasteiger partial charge in [-0.3, -0.25) is 0 Å². The summed E-state index contributed by atoms with van der Waals surface area (Å²) in [7, 11) is 1.46. The number of carbonyl (C=O) groups is 2. The van der Waals surface area contributed by atoms with Gasteiger partial charge in [-0.1, -0.05) is 105 Å². The van der Waals surface area contributed by atoms with Crippen LogP contribution in [0.4, 0.5) is 0 Å². The van der Waals surface area contributed by atoms with Crippen molar-refractivity contribution >= 4 is 76.4 Å². The summed E-state index contributed by atoms with van der Waals surface area (Å²) in [6.45, 7) is 1.11. The van der Waals surface area contributed by atoms with E-state index in [0.717, 1.165) is 111 Å². The van der Waals surface area contributed by atoms with E-state index in [9.17, 15) is 112 Å². The van der Waals surface area contributed by atoms with E-state index in [0.29, 0.717) is 18.4 Å². The van der Waals surface area contributed by atoms with Crippen molar-refractivity contribution in [2.24, 2.45) is 34.9 Å². The SMILES string of the molecule is CCCCCCCCCCC(O)=NC1C(Oc2c3cc4cc2Oc2ccc(cc2Cl)C(O)C2N=C(O)C(N=C(O)C4N=C(O)C4N=C(O)C(Cc5ccc(cc5)O3)N=C(O)C(NC)c3ccc(O)c(c3)Oc3cc(O)c(Cl)c4c3)c3ccc(O)c(c3)-c3c(OC4OC(CO)C(O)C(O)C4O)cc(O)cc3C(C(=O)O)N=C2O)OC(C(=O)O)C(O)C1O. The zero-order valence-corrected chi connectivity index (χ0v) is 65.7. The van der Waals surface area contributed by atoms with Crippen molar-refractivity contribution in [1.82, 2.24) is 5.32 Å². The lowest BCUT2D eigenvalue weighted by atomic mass is 9.90. The Morgan fingerprint density at radius 1 is 0.521 bits per heavy atom. The fraction of sp³-hybridized carbons (Fsp3) is 0.378. The number of hydrogen-bond acceptors (Lipinski definition) is 28. The number of aromatic hydroxyl groups is 4. The van der Waals surface area contributed by atoms with Gasteiger partial charge >= 0.3 is 11.9 Å². The Balaban J connectivity index is 1.10. The van der Waals surface area contributed by atoms with Gasteiger partial charge in [0.2, 0.25) is 53.7 Å². The Labute approximate surface area is 697 Å². The van der Waals surface area contributed by atoms with Gasteiger partial charge in [0.15, 0.2) is 65.2 Å². The maximum Gasteiger partial charge on any atom is 0.335 e. The molecule has 15 rings (SSSR count). The summed E-state index contributed by atoms with van der Waals surface area (Å²) in [5.74, 6) is -18.2. The summed E-state index contributed by atoms with van der Waals surface area (Å²) in [4.78, 5) is 58.0. The molecule has 39 heteroatoms. The molecule has 642 valence electrons. The predicted octanol–water partition coefficient (Wildman–Crippen LogP) is 9.82. The number of nitrogens with zero attached hydrogens (tertiary/aromatic N) is 7. The van der Waals surface area contributed by atoms with Gasteiger partial charge in [0.05, 0.1) is 16.7 Å². The average Bonchev–Trinajstić information content (AvgIpc) is 0.749. The molecule has 0 aromatic heterocycles. The van der Waals surface area contributed by atoms with Crippen molar-refractivity contribution in [2.75, 3.05) is 13.7 Å². The van der Waals surface area contributed by atoms with Gasteiger partial charge in [-0.15, -0.1) is 0 Å². The Hall–Kier alpha value is -11.8. The summed E-state index contributed by atoms with van der Waals surface area (Å²) in [6, 6.07) is 5.00. The minimum absolute atomic E-state index is 0.0836. The first-order valence-electron chi connectivity index (χ1n) is 38.3. The lowest BCUT2D eigenvalue weighted by Gasteiger charge is -2.39. The molecule has 17 bridgehead atoms. The van der Waals surface area contributed by atoms with Crippen LogP contribution >= 0.6 is 23.2 Å². The van der Waals surface area contributed by atoms with Crippen LogP contribution in [0.3, 0.4) is 0 Å². The van der Waals surface area contributed by atoms with Crippen LogP contribution in [0.5, 0.6) is 69.0 Å². The lowest BCUT2D eigenvalue weighted by molar-refractivity contribution is -0.277. The largest absolute Gasteiger partial charge is 0.508 e. The van der Waals surface area contributed by atoms with Gasteiger partial charge in [0, 0.05) is 47.2 Å². The van der Waals surface area contributed by atoms with Gasteiger partial charge in [-0.25, -0.2) is 44.5 Å². The highest BCUT2D eigenvalue weighted by molar-refractivity contribution is 6.33. The van der Waals surface area contributed by atoms with Crippen LogP contribution in [0, 0.1) is 0 Å². The molecule has 0 radical (unpaired) electrons. The second-order valence-electron chi connectivity index (χ2n) is 29.4. The molecule has 18 unspecified atom stereocenters. The zero-order chi connectivity index (χ0) is 86.7. The lowest BCUT2D eigenvalue weighted by Crippen LogP contribution is -2.60. The van der Waals surface area contributed by atoms with Gasteiger partial charge in [0.25, 0.3) is 0 Å². The van der Waals surface area contributed by atoms with E-state index in [2.05, 4.69) is 47.2 Å². The number of phenolic OH excluding ortho intramolecular Hbond substituents is 4. The number of unbranched alkanes of at least 4 members (excludes halogenated alkanes) is 7. The van der Waals surface area contributed by atoms with Crippen LogP contribution in [0.1, 0.15) is 140 Å². The molecule has 8 aliphatic heterocycles. The molecule has 21 N–H and O–H groups in total. The summed E-state index contributed by atoms with van der Waals surface area (Å²) in [5.41, 5.74) is -3.03. The highest BCUT2D eigenvalue weighted by Crippen LogP contribution is 2.52. The normalized spacial score (nSPS) is 26.8. The molecule has 8 heterocycles. The average molecular weight is 1720 g/mol. The van der Waals surface area contributed by atoms with Crippen molar-refractivity contribution in [1.29, 1.82) is 0 Å². The molecule has 7 aromatic rings. The second kappa shape index (κ2) is 37.0. The summed E-state index contributed by atoms with van der Waals surface area (Å²) >= 11 is 14.2. The van der Waals surface area contributed by atoms with E-state index < -0.39 is 265 Å². The molecule has 0 amide bonds. The first-order chi connectivity index (χ1) is 57.8. The van der Waals surface area contributed by atoms with Crippen LogP contribution in [-0.2, 0) is 25.5 Å². The van der Waals surface area contributed by atoms with Crippen molar-refractivity contribution in [3.63, 3.8) is 0 Å². The fourth-order valence-corrected chi connectivity index (χ4v) is 15.1. The van der Waals surface area contributed by atoms with Crippen LogP contribution in [0.15, 0.2) is 150 Å². The van der Waals surface area contributed by atoms with Crippen molar-refractivity contribution in [3.05, 3.63) is 164 Å². The fourth-order valence-electron chi connectivity index (χ4n) is 14.7. The number of nitrogens with one attached hydrogen (secondary N) is 1. The molecule has 0 saturated carbocycles. The smallest absolute Gasteiger partial charge is 0.335 e. The van der Waals surface area contributed by atoms with Gasteiger partial charge in [0.1, 0.15) is 101 Å². The molecule has 121 heavy (non-hydrogen) atoms. The van der Waals surface area contributed by atoms with Crippen LogP contribution in [0.2, 0.25) is 10.0 Å². The first-order valence-corrected chi connectivity index (χ1v) is 39.0. The molecule has 0 aliphatic carbocycles. The van der Waals surface area contributed by atoms with Crippen LogP contribution in [-0.4, -0.2) is 242 Å². The minimum atomic E-state index is -2.49. The van der Waals surface area contributed by atoms with Crippen molar-refractivity contribution < 1.29 is 145 Å². The molecular formula is C82H86Cl2N8O29. The predicted molar refractivity (Wildman–Crippen MR) is 432 cm³/mol. The molecule has 2 saturated heterocycles. The summed E-state index contributed by atoms with van der Waals surface area (Å²) in [5, 5.41) is 238. The van der Waals surface area contributed by atoms with E-state index in [-0.39, 0.29) is 41.2 Å². The number of ether oxygens (including phenoxy) is 7. The molecule has 2 fully saturated rings. The summed E-state index contributed by atoms with van der Waals surface area (Å²) in [6.07, 6.45) is -14.9. The topological polar surface area (TPSA) is 602 Å². The van der Waals surface area contributed by atoms with Gasteiger partial charge in [-0.2, -0.15) is 0 Å². The van der Waals surface area contributed by atoms with Crippen LogP contribution in [0.25, 0.3) is 11.1 Å². The van der Waals surface area contributed by atoms with E-state index in [1.54, 1.807) is 0 Å². The number of phenols is 4. The number of carboxylic acid groups (broad SMARTS) is 2. The highest BCUT2D eigenvalue weighted by atomic mass is 35.5. The number of rotatable bonds is 18. The third kappa shape index (κ3) is 18.7. The Morgan fingerprint density at radius 3 is 1.84 bits per heavy atom. The highest BCUT2D eigenvalue weighted by Gasteiger charge is 2.51. The number of aliphatic hydroxyl groups excluding tert-OH is 14. The molecule has 37 nitrogen and oxygen atoms in total. The minimum Gasteiger partial charge on any atom is -0.508 e. The first kappa shape index (κ1) is 87.0. The van der Waals surface area contributed by atoms with Gasteiger partial charge in [-0.05, 0) is 114 Å². The number of fused-ring (bicyclic) bond motifs is 12. The third-order valence-electron chi connectivity index (χ3n) is 21.0. The number of benzene rings is 7. The molecule has 18 atom stereocenters. The van der Waals surface area contributed by atoms with E-state index in [4.69, 9.17) is 56.4 Å². The molecule has 7 aromatic carbocycles. The van der Waals surface area contributed by atoms with Crippen LogP contribution < -0.4 is 29.0 Å². The second-order valence-corrected chi connectivity index (χ2v) is 30.2. The molecule has 0 spiro atoms. The standard InChI is InChI=1S/C82H86Cl2N8O29/c1-3-4-5-6-7-8-9-10-11-55(98)87-64-67(101)69(103)72(80(113)114)121-81(64)120-71-52-26-37-27-53(71)117-49-21-16-36(24-44(49)83)65(99)63-78(110)91-62(79(111)112)42-28-38(94)29-51(118-82-70(104)68(102)66(100)54(32-93)119-82)56(42)41-23-34(14-19-46(41)95)59(75(107)92-63)88-76(108)60(37)89-77(109)61-43-30-40(31-48(97)57(43)84)116-50-25-35(15-20-47(50)96)58(85-2)74(106)86-45(73(105)90-61)22-33-12-17-39(115-52)18-13-33/h12-21,23-31,45,54,58-70,72,81-82,85,93-97,99-104H,3-11,22,32H2,1-2H3,(H,86,106)(H,87,98)(H,88,108)(H,89,109)(H,90,105)(H,91,110)(H,92,107)(H,111,112)(H,113,114). The Kier molecular flexibility index (Phi) is 26.6. The zero-order valence-electron chi connectivity index (χ0n) is 64.1. The number of hydrogen-bond donors (Lipinski definition) is 21. The van der Waals surface area contributed by atoms with Crippen molar-refractivity contribution in [2.45, 2.75) is 181 Å². The summed E-state index contributed by atoms with van der Waals surface area (Å²) < 4.78 is 44.1.